The van der Waals surface area contributed by atoms with Gasteiger partial charge >= 0.3 is 0 Å². The van der Waals surface area contributed by atoms with Crippen molar-refractivity contribution < 1.29 is 4.74 Å². The van der Waals surface area contributed by atoms with E-state index >= 15 is 0 Å². The second-order valence-electron chi connectivity index (χ2n) is 6.88. The molecule has 3 heteroatoms. The van der Waals surface area contributed by atoms with Gasteiger partial charge in [0, 0.05) is 16.7 Å². The van der Waals surface area contributed by atoms with E-state index in [1.807, 2.05) is 23.9 Å². The minimum absolute atomic E-state index is 0.253. The molecule has 0 radical (unpaired) electrons. The summed E-state index contributed by atoms with van der Waals surface area (Å²) in [7, 11) is 1.70. The van der Waals surface area contributed by atoms with Gasteiger partial charge in [0.05, 0.1) is 13.2 Å². The van der Waals surface area contributed by atoms with Crippen LogP contribution in [0.25, 0.3) is 0 Å². The van der Waals surface area contributed by atoms with Crippen LogP contribution in [0.1, 0.15) is 36.9 Å². The van der Waals surface area contributed by atoms with Crippen molar-refractivity contribution >= 4 is 17.4 Å². The van der Waals surface area contributed by atoms with Gasteiger partial charge in [-0.1, -0.05) is 74.0 Å². The van der Waals surface area contributed by atoms with Gasteiger partial charge in [0.1, 0.15) is 5.75 Å². The van der Waals surface area contributed by atoms with E-state index in [2.05, 4.69) is 85.0 Å². The summed E-state index contributed by atoms with van der Waals surface area (Å²) >= 11 is 2.04. The molecule has 0 aromatic heterocycles. The summed E-state index contributed by atoms with van der Waals surface area (Å²) < 4.78 is 5.30. The second kappa shape index (κ2) is 10.8. The third-order valence-electron chi connectivity index (χ3n) is 4.82. The number of anilines is 1. The molecule has 146 valence electrons. The van der Waals surface area contributed by atoms with Crippen LogP contribution in [0, 0.1) is 0 Å². The van der Waals surface area contributed by atoms with Gasteiger partial charge in [-0.05, 0) is 41.8 Å². The van der Waals surface area contributed by atoms with E-state index in [1.165, 1.54) is 24.0 Å². The Morgan fingerprint density at radius 1 is 0.857 bits per heavy atom. The average Bonchev–Trinajstić information content (AvgIpc) is 2.77. The van der Waals surface area contributed by atoms with Crippen molar-refractivity contribution in [1.29, 1.82) is 0 Å². The Bertz CT molecular complexity index is 805. The van der Waals surface area contributed by atoms with Crippen molar-refractivity contribution in [1.82, 2.24) is 0 Å². The quantitative estimate of drug-likeness (QED) is 0.404. The Kier molecular flexibility index (Phi) is 7.86. The topological polar surface area (TPSA) is 21.3 Å². The van der Waals surface area contributed by atoms with E-state index in [0.717, 1.165) is 17.2 Å². The number of ether oxygens (including phenoxy) is 1. The molecular weight excluding hydrogens is 362 g/mol. The lowest BCUT2D eigenvalue weighted by atomic mass is 10.00. The molecule has 0 aliphatic heterocycles. The molecule has 3 aromatic carbocycles. The first-order valence-corrected chi connectivity index (χ1v) is 11.0. The van der Waals surface area contributed by atoms with Gasteiger partial charge in [0.2, 0.25) is 0 Å². The van der Waals surface area contributed by atoms with Crippen LogP contribution in [0.5, 0.6) is 5.75 Å². The van der Waals surface area contributed by atoms with Crippen LogP contribution in [0.15, 0.2) is 84.9 Å². The minimum atomic E-state index is 0.253. The number of benzene rings is 3. The lowest BCUT2D eigenvalue weighted by Gasteiger charge is -2.29. The fraction of sp³-hybridized carbons (Fsp3) is 0.280. The predicted molar refractivity (Wildman–Crippen MR) is 122 cm³/mol. The third-order valence-corrected chi connectivity index (χ3v) is 6.26. The first-order valence-electron chi connectivity index (χ1n) is 9.91. The molecule has 3 aromatic rings. The third kappa shape index (κ3) is 5.80. The highest BCUT2D eigenvalue weighted by Crippen LogP contribution is 2.35. The molecule has 1 N–H and O–H groups in total. The maximum atomic E-state index is 5.30. The maximum Gasteiger partial charge on any atom is 0.119 e. The molecule has 0 aliphatic carbocycles. The molecule has 2 atom stereocenters. The summed E-state index contributed by atoms with van der Waals surface area (Å²) in [6.07, 6.45) is 2.33. The van der Waals surface area contributed by atoms with Gasteiger partial charge in [-0.2, -0.15) is 11.8 Å². The highest BCUT2D eigenvalue weighted by molar-refractivity contribution is 7.99. The second-order valence-corrected chi connectivity index (χ2v) is 8.11. The smallest absolute Gasteiger partial charge is 0.119 e. The number of thioether (sulfide) groups is 1. The van der Waals surface area contributed by atoms with Gasteiger partial charge < -0.3 is 10.1 Å². The predicted octanol–water partition coefficient (Wildman–Crippen LogP) is 6.95. The van der Waals surface area contributed by atoms with Gasteiger partial charge in [-0.15, -0.1) is 0 Å². The Morgan fingerprint density at radius 2 is 1.50 bits per heavy atom. The molecule has 0 spiro atoms. The SMILES string of the molecule is CCCC(SCc1ccccc1)C(Nc1ccc(OC)cc1)c1ccccc1. The molecule has 2 nitrogen and oxygen atoms in total. The van der Waals surface area contributed by atoms with E-state index in [4.69, 9.17) is 4.74 Å². The normalized spacial score (nSPS) is 12.9. The van der Waals surface area contributed by atoms with E-state index < -0.39 is 0 Å². The van der Waals surface area contributed by atoms with Gasteiger partial charge in [0.15, 0.2) is 0 Å². The van der Waals surface area contributed by atoms with Crippen molar-refractivity contribution in [2.75, 3.05) is 12.4 Å². The van der Waals surface area contributed by atoms with Crippen LogP contribution in [0.3, 0.4) is 0 Å². The van der Waals surface area contributed by atoms with Crippen LogP contribution in [-0.4, -0.2) is 12.4 Å². The van der Waals surface area contributed by atoms with Crippen molar-refractivity contribution in [3.8, 4) is 5.75 Å². The Labute approximate surface area is 173 Å². The highest BCUT2D eigenvalue weighted by atomic mass is 32.2. The van der Waals surface area contributed by atoms with Crippen LogP contribution < -0.4 is 10.1 Å². The molecule has 0 heterocycles. The fourth-order valence-electron chi connectivity index (χ4n) is 3.33. The first kappa shape index (κ1) is 20.3. The largest absolute Gasteiger partial charge is 0.497 e. The molecule has 0 saturated heterocycles. The van der Waals surface area contributed by atoms with Crippen LogP contribution in [0.4, 0.5) is 5.69 Å². The monoisotopic (exact) mass is 391 g/mol. The molecule has 0 bridgehead atoms. The van der Waals surface area contributed by atoms with Gasteiger partial charge in [-0.3, -0.25) is 0 Å². The fourth-order valence-corrected chi connectivity index (χ4v) is 4.75. The zero-order chi connectivity index (χ0) is 19.6. The number of rotatable bonds is 10. The standard InChI is InChI=1S/C25H29NOS/c1-3-10-24(28-19-20-11-6-4-7-12-20)25(21-13-8-5-9-14-21)26-22-15-17-23(27-2)18-16-22/h4-9,11-18,24-26H,3,10,19H2,1-2H3. The van der Waals surface area contributed by atoms with Crippen LogP contribution in [0.2, 0.25) is 0 Å². The number of nitrogens with one attached hydrogen (secondary N) is 1. The van der Waals surface area contributed by atoms with Gasteiger partial charge in [0.25, 0.3) is 0 Å². The van der Waals surface area contributed by atoms with E-state index in [1.54, 1.807) is 7.11 Å². The molecule has 2 unspecified atom stereocenters. The van der Waals surface area contributed by atoms with Crippen molar-refractivity contribution in [3.05, 3.63) is 96.1 Å². The summed E-state index contributed by atoms with van der Waals surface area (Å²) in [6, 6.07) is 30.0. The molecule has 3 rings (SSSR count). The summed E-state index contributed by atoms with van der Waals surface area (Å²) in [5.41, 5.74) is 3.83. The number of hydrogen-bond donors (Lipinski definition) is 1. The Hall–Kier alpha value is -2.39. The first-order chi connectivity index (χ1) is 13.8. The zero-order valence-corrected chi connectivity index (χ0v) is 17.5. The van der Waals surface area contributed by atoms with Crippen LogP contribution >= 0.6 is 11.8 Å². The Morgan fingerprint density at radius 3 is 2.11 bits per heavy atom. The number of hydrogen-bond acceptors (Lipinski definition) is 3. The summed E-state index contributed by atoms with van der Waals surface area (Å²) in [5.74, 6) is 1.91. The van der Waals surface area contributed by atoms with E-state index in [9.17, 15) is 0 Å². The molecule has 0 aliphatic rings. The van der Waals surface area contributed by atoms with E-state index in [-0.39, 0.29) is 6.04 Å². The highest BCUT2D eigenvalue weighted by Gasteiger charge is 2.23. The lowest BCUT2D eigenvalue weighted by molar-refractivity contribution is 0.415. The Balaban J connectivity index is 1.81. The van der Waals surface area contributed by atoms with Crippen molar-refractivity contribution in [2.45, 2.75) is 36.8 Å². The molecule has 28 heavy (non-hydrogen) atoms. The maximum absolute atomic E-state index is 5.30. The molecule has 0 saturated carbocycles. The summed E-state index contributed by atoms with van der Waals surface area (Å²) in [6.45, 7) is 2.27. The van der Waals surface area contributed by atoms with Crippen LogP contribution in [-0.2, 0) is 5.75 Å². The number of methoxy groups -OCH3 is 1. The molecular formula is C25H29NOS. The average molecular weight is 392 g/mol. The zero-order valence-electron chi connectivity index (χ0n) is 16.7. The van der Waals surface area contributed by atoms with Crippen molar-refractivity contribution in [2.24, 2.45) is 0 Å². The van der Waals surface area contributed by atoms with E-state index in [0.29, 0.717) is 5.25 Å². The summed E-state index contributed by atoms with van der Waals surface area (Å²) in [4.78, 5) is 0. The molecule has 0 fully saturated rings. The molecule has 0 amide bonds. The minimum Gasteiger partial charge on any atom is -0.497 e. The van der Waals surface area contributed by atoms with Crippen molar-refractivity contribution in [3.63, 3.8) is 0 Å². The summed E-state index contributed by atoms with van der Waals surface area (Å²) in [5, 5.41) is 4.27. The lowest BCUT2D eigenvalue weighted by Crippen LogP contribution is -2.23. The van der Waals surface area contributed by atoms with Gasteiger partial charge in [-0.25, -0.2) is 0 Å².